The van der Waals surface area contributed by atoms with Gasteiger partial charge in [-0.05, 0) is 57.0 Å². The Labute approximate surface area is 234 Å². The fraction of sp³-hybridized carbons (Fsp3) is 0.419. The molecular weight excluding hydrogens is 516 g/mol. The van der Waals surface area contributed by atoms with Gasteiger partial charge in [-0.25, -0.2) is 9.59 Å². The molecule has 0 aliphatic carbocycles. The van der Waals surface area contributed by atoms with Crippen LogP contribution in [0.4, 0.5) is 0 Å². The molecule has 1 fully saturated rings. The highest BCUT2D eigenvalue weighted by Gasteiger charge is 2.45. The average molecular weight is 553 g/mol. The van der Waals surface area contributed by atoms with Crippen molar-refractivity contribution in [2.24, 2.45) is 5.92 Å². The SMILES string of the molecule is COCOc1cc(O)cc2c1C(=O)O[C@@H](C)[C@H](C)C=CC(OC(=O)c1ccccc1)[C@H]1OC(C)(C)O[C@H]1CC=C2. The van der Waals surface area contributed by atoms with Crippen LogP contribution in [0, 0.1) is 5.92 Å². The molecule has 9 heteroatoms. The van der Waals surface area contributed by atoms with Gasteiger partial charge in [0.25, 0.3) is 0 Å². The lowest BCUT2D eigenvalue weighted by Gasteiger charge is -2.25. The molecule has 9 nitrogen and oxygen atoms in total. The lowest BCUT2D eigenvalue weighted by atomic mass is 9.98. The van der Waals surface area contributed by atoms with Crippen LogP contribution in [0.2, 0.25) is 0 Å². The van der Waals surface area contributed by atoms with Crippen LogP contribution >= 0.6 is 0 Å². The van der Waals surface area contributed by atoms with Gasteiger partial charge in [-0.15, -0.1) is 0 Å². The van der Waals surface area contributed by atoms with E-state index in [-0.39, 0.29) is 29.8 Å². The van der Waals surface area contributed by atoms with Crippen LogP contribution < -0.4 is 4.74 Å². The summed E-state index contributed by atoms with van der Waals surface area (Å²) in [6, 6.07) is 11.6. The van der Waals surface area contributed by atoms with Gasteiger partial charge in [-0.2, -0.15) is 0 Å². The Bertz CT molecular complexity index is 1250. The molecule has 0 saturated carbocycles. The third-order valence-corrected chi connectivity index (χ3v) is 6.76. The van der Waals surface area contributed by atoms with Gasteiger partial charge in [0.15, 0.2) is 12.6 Å². The van der Waals surface area contributed by atoms with Crippen LogP contribution in [0.25, 0.3) is 6.08 Å². The number of carbonyl (C=O) groups excluding carboxylic acids is 2. The molecule has 0 bridgehead atoms. The normalized spacial score (nSPS) is 26.2. The van der Waals surface area contributed by atoms with Crippen molar-refractivity contribution in [3.63, 3.8) is 0 Å². The third kappa shape index (κ3) is 7.10. The second kappa shape index (κ2) is 12.7. The van der Waals surface area contributed by atoms with Gasteiger partial charge in [-0.1, -0.05) is 43.4 Å². The molecule has 1 saturated heterocycles. The summed E-state index contributed by atoms with van der Waals surface area (Å²) >= 11 is 0. The molecule has 214 valence electrons. The van der Waals surface area contributed by atoms with Crippen LogP contribution in [0.1, 0.15) is 60.4 Å². The number of benzene rings is 2. The topological polar surface area (TPSA) is 110 Å². The number of phenols is 1. The first-order chi connectivity index (χ1) is 19.1. The van der Waals surface area contributed by atoms with Crippen LogP contribution in [0.3, 0.4) is 0 Å². The molecule has 0 amide bonds. The number of aromatic hydroxyl groups is 1. The van der Waals surface area contributed by atoms with Gasteiger partial charge in [0.1, 0.15) is 35.4 Å². The van der Waals surface area contributed by atoms with E-state index >= 15 is 0 Å². The summed E-state index contributed by atoms with van der Waals surface area (Å²) in [4.78, 5) is 26.4. The monoisotopic (exact) mass is 552 g/mol. The molecule has 2 heterocycles. The standard InChI is InChI=1S/C31H36O9/c1-19-14-15-24(38-29(33)21-10-7-6-8-11-21)28-25(39-31(3,4)40-28)13-9-12-22-16-23(32)17-26(36-18-35-5)27(22)30(34)37-20(19)2/h6-12,14-17,19-20,24-25,28,32H,13,18H2,1-5H3/t19-,20+,24?,25+,28-/m1/s1. The van der Waals surface area contributed by atoms with Crippen LogP contribution in [0.15, 0.2) is 60.7 Å². The molecular formula is C31H36O9. The largest absolute Gasteiger partial charge is 0.508 e. The number of carbonyl (C=O) groups is 2. The first-order valence-corrected chi connectivity index (χ1v) is 13.2. The molecule has 0 radical (unpaired) electrons. The zero-order valence-corrected chi connectivity index (χ0v) is 23.4. The molecule has 2 aromatic rings. The Morgan fingerprint density at radius 3 is 2.58 bits per heavy atom. The number of ether oxygens (including phenoxy) is 6. The van der Waals surface area contributed by atoms with Crippen molar-refractivity contribution >= 4 is 18.0 Å². The van der Waals surface area contributed by atoms with Crippen LogP contribution in [-0.4, -0.2) is 61.2 Å². The summed E-state index contributed by atoms with van der Waals surface area (Å²) in [7, 11) is 1.46. The molecule has 2 aliphatic heterocycles. The number of hydrogen-bond donors (Lipinski definition) is 1. The van der Waals surface area contributed by atoms with Crippen LogP contribution in [0.5, 0.6) is 11.5 Å². The fourth-order valence-corrected chi connectivity index (χ4v) is 4.62. The van der Waals surface area contributed by atoms with Gasteiger partial charge in [0.05, 0.1) is 11.7 Å². The van der Waals surface area contributed by atoms with E-state index in [2.05, 4.69) is 0 Å². The van der Waals surface area contributed by atoms with Crippen molar-refractivity contribution in [3.05, 3.63) is 77.4 Å². The Morgan fingerprint density at radius 1 is 1.10 bits per heavy atom. The molecule has 2 aliphatic rings. The highest BCUT2D eigenvalue weighted by molar-refractivity contribution is 5.97. The molecule has 5 atom stereocenters. The molecule has 1 N–H and O–H groups in total. The van der Waals surface area contributed by atoms with Crippen molar-refractivity contribution in [1.29, 1.82) is 0 Å². The molecule has 1 unspecified atom stereocenters. The zero-order valence-electron chi connectivity index (χ0n) is 23.4. The van der Waals surface area contributed by atoms with Crippen molar-refractivity contribution in [2.45, 2.75) is 64.3 Å². The number of rotatable bonds is 5. The zero-order chi connectivity index (χ0) is 28.9. The maximum Gasteiger partial charge on any atom is 0.342 e. The summed E-state index contributed by atoms with van der Waals surface area (Å²) in [5.74, 6) is -2.21. The van der Waals surface area contributed by atoms with Gasteiger partial charge < -0.3 is 33.5 Å². The quantitative estimate of drug-likeness (QED) is 0.301. The lowest BCUT2D eigenvalue weighted by molar-refractivity contribution is -0.152. The molecule has 4 rings (SSSR count). The Hall–Kier alpha value is -3.66. The van der Waals surface area contributed by atoms with Gasteiger partial charge >= 0.3 is 11.9 Å². The van der Waals surface area contributed by atoms with E-state index in [1.54, 1.807) is 43.3 Å². The van der Waals surface area contributed by atoms with E-state index in [1.807, 2.05) is 39.0 Å². The maximum absolute atomic E-state index is 13.4. The molecule has 40 heavy (non-hydrogen) atoms. The second-order valence-electron chi connectivity index (χ2n) is 10.3. The predicted molar refractivity (Wildman–Crippen MR) is 147 cm³/mol. The van der Waals surface area contributed by atoms with E-state index in [4.69, 9.17) is 28.4 Å². The highest BCUT2D eigenvalue weighted by Crippen LogP contribution is 2.35. The summed E-state index contributed by atoms with van der Waals surface area (Å²) in [6.07, 6.45) is 5.08. The molecule has 0 spiro atoms. The highest BCUT2D eigenvalue weighted by atomic mass is 16.8. The summed E-state index contributed by atoms with van der Waals surface area (Å²) in [5, 5.41) is 10.3. The number of cyclic esters (lactones) is 1. The third-order valence-electron chi connectivity index (χ3n) is 6.76. The molecule has 2 aromatic carbocycles. The van der Waals surface area contributed by atoms with Crippen LogP contribution in [-0.2, 0) is 23.7 Å². The van der Waals surface area contributed by atoms with E-state index in [1.165, 1.54) is 19.2 Å². The van der Waals surface area contributed by atoms with E-state index in [0.29, 0.717) is 17.5 Å². The Kier molecular flexibility index (Phi) is 9.29. The van der Waals surface area contributed by atoms with Gasteiger partial charge in [0, 0.05) is 19.1 Å². The second-order valence-corrected chi connectivity index (χ2v) is 10.3. The number of methoxy groups -OCH3 is 1. The van der Waals surface area contributed by atoms with Gasteiger partial charge in [-0.3, -0.25) is 0 Å². The Morgan fingerprint density at radius 2 is 1.85 bits per heavy atom. The smallest absolute Gasteiger partial charge is 0.342 e. The van der Waals surface area contributed by atoms with E-state index in [9.17, 15) is 14.7 Å². The lowest BCUT2D eigenvalue weighted by Crippen LogP contribution is -2.37. The number of phenolic OH excluding ortho intramolecular Hbond substituents is 1. The average Bonchev–Trinajstić information content (AvgIpc) is 3.22. The number of fused-ring (bicyclic) bond motifs is 2. The summed E-state index contributed by atoms with van der Waals surface area (Å²) in [5.41, 5.74) is 0.995. The van der Waals surface area contributed by atoms with Crippen molar-refractivity contribution in [1.82, 2.24) is 0 Å². The summed E-state index contributed by atoms with van der Waals surface area (Å²) < 4.78 is 34.8. The van der Waals surface area contributed by atoms with Crippen molar-refractivity contribution in [3.8, 4) is 11.5 Å². The molecule has 0 aromatic heterocycles. The number of esters is 2. The minimum Gasteiger partial charge on any atom is -0.508 e. The van der Waals surface area contributed by atoms with Crippen molar-refractivity contribution in [2.75, 3.05) is 13.9 Å². The summed E-state index contributed by atoms with van der Waals surface area (Å²) in [6.45, 7) is 7.16. The first-order valence-electron chi connectivity index (χ1n) is 13.2. The first kappa shape index (κ1) is 29.3. The van der Waals surface area contributed by atoms with Gasteiger partial charge in [0.2, 0.25) is 0 Å². The van der Waals surface area contributed by atoms with Crippen molar-refractivity contribution < 1.29 is 43.1 Å². The maximum atomic E-state index is 13.4. The number of hydrogen-bond acceptors (Lipinski definition) is 9. The predicted octanol–water partition coefficient (Wildman–Crippen LogP) is 5.28. The van der Waals surface area contributed by atoms with E-state index in [0.717, 1.165) is 0 Å². The minimum atomic E-state index is -0.919. The Balaban J connectivity index is 1.73. The fourth-order valence-electron chi connectivity index (χ4n) is 4.62. The minimum absolute atomic E-state index is 0.0832. The van der Waals surface area contributed by atoms with E-state index < -0.39 is 42.1 Å².